The fourth-order valence-corrected chi connectivity index (χ4v) is 7.18. The highest BCUT2D eigenvalue weighted by atomic mass is 31.2. The van der Waals surface area contributed by atoms with E-state index in [9.17, 15) is 44.6 Å². The molecule has 340 valence electrons. The van der Waals surface area contributed by atoms with Gasteiger partial charge < -0.3 is 39.9 Å². The Morgan fingerprint density at radius 2 is 0.915 bits per heavy atom. The van der Waals surface area contributed by atoms with E-state index in [1.165, 1.54) is 38.5 Å². The minimum atomic E-state index is -5.13. The van der Waals surface area contributed by atoms with Crippen LogP contribution in [0.4, 0.5) is 0 Å². The molecule has 0 aromatic heterocycles. The molecule has 1 rings (SSSR count). The highest BCUT2D eigenvalue weighted by Crippen LogP contribution is 2.47. The summed E-state index contributed by atoms with van der Waals surface area (Å²) >= 11 is 0. The summed E-state index contributed by atoms with van der Waals surface area (Å²) in [4.78, 5) is 35.6. The van der Waals surface area contributed by atoms with Gasteiger partial charge in [-0.15, -0.1) is 0 Å². The normalized spacial score (nSPS) is 22.9. The molecule has 0 spiro atoms. The molecular weight excluding hydrogens is 779 g/mol. The zero-order chi connectivity index (χ0) is 43.6. The van der Waals surface area contributed by atoms with Gasteiger partial charge in [-0.05, 0) is 83.5 Å². The van der Waals surface area contributed by atoms with Gasteiger partial charge in [0.2, 0.25) is 0 Å². The summed E-state index contributed by atoms with van der Waals surface area (Å²) in [5.41, 5.74) is 0. The Morgan fingerprint density at radius 3 is 1.42 bits per heavy atom. The lowest BCUT2D eigenvalue weighted by Gasteiger charge is -2.41. The van der Waals surface area contributed by atoms with E-state index in [-0.39, 0.29) is 12.8 Å². The van der Waals surface area contributed by atoms with Crippen LogP contribution in [0.2, 0.25) is 0 Å². The zero-order valence-corrected chi connectivity index (χ0v) is 36.7. The van der Waals surface area contributed by atoms with Gasteiger partial charge in [0.05, 0.1) is 6.61 Å². The maximum Gasteiger partial charge on any atom is 0.472 e. The van der Waals surface area contributed by atoms with Crippen LogP contribution in [0.15, 0.2) is 60.8 Å². The molecule has 1 aliphatic rings. The fraction of sp³-hybridized carbons (Fsp3) is 0.733. The summed E-state index contributed by atoms with van der Waals surface area (Å²) in [6, 6.07) is 0. The Kier molecular flexibility index (Phi) is 32.5. The Hall–Kier alpha value is -2.45. The van der Waals surface area contributed by atoms with Gasteiger partial charge in [-0.1, -0.05) is 120 Å². The number of unbranched alkanes of at least 4 members (excludes halogenated alkanes) is 13. The summed E-state index contributed by atoms with van der Waals surface area (Å²) in [6.45, 7) is 3.18. The van der Waals surface area contributed by atoms with E-state index in [0.717, 1.165) is 77.0 Å². The second-order valence-corrected chi connectivity index (χ2v) is 16.6. The third kappa shape index (κ3) is 27.9. The Bertz CT molecular complexity index is 1270. The van der Waals surface area contributed by atoms with Gasteiger partial charge in [0, 0.05) is 12.8 Å². The third-order valence-corrected chi connectivity index (χ3v) is 10.8. The van der Waals surface area contributed by atoms with Gasteiger partial charge in [-0.2, -0.15) is 0 Å². The van der Waals surface area contributed by atoms with Crippen LogP contribution >= 0.6 is 7.82 Å². The fourth-order valence-electron chi connectivity index (χ4n) is 6.20. The second kappa shape index (κ2) is 35.2. The van der Waals surface area contributed by atoms with E-state index in [4.69, 9.17) is 18.5 Å². The molecule has 0 saturated heterocycles. The zero-order valence-electron chi connectivity index (χ0n) is 35.8. The minimum absolute atomic E-state index is 0.0697. The molecule has 0 amide bonds. The predicted octanol–water partition coefficient (Wildman–Crippen LogP) is 8.16. The van der Waals surface area contributed by atoms with Crippen molar-refractivity contribution < 1.29 is 63.1 Å². The number of rotatable bonds is 35. The Morgan fingerprint density at radius 1 is 0.525 bits per heavy atom. The van der Waals surface area contributed by atoms with Crippen LogP contribution in [0.5, 0.6) is 0 Å². The summed E-state index contributed by atoms with van der Waals surface area (Å²) in [5, 5.41) is 50.1. The topological polar surface area (TPSA) is 210 Å². The van der Waals surface area contributed by atoms with Crippen LogP contribution in [-0.4, -0.2) is 98.3 Å². The van der Waals surface area contributed by atoms with Crippen LogP contribution in [0.1, 0.15) is 155 Å². The van der Waals surface area contributed by atoms with Gasteiger partial charge >= 0.3 is 19.8 Å². The van der Waals surface area contributed by atoms with E-state index >= 15 is 0 Å². The van der Waals surface area contributed by atoms with Crippen LogP contribution in [-0.2, 0) is 32.7 Å². The van der Waals surface area contributed by atoms with E-state index < -0.39 is 75.7 Å². The number of esters is 2. The molecule has 6 unspecified atom stereocenters. The Balaban J connectivity index is 2.53. The average Bonchev–Trinajstić information content (AvgIpc) is 3.21. The van der Waals surface area contributed by atoms with Crippen molar-refractivity contribution in [3.05, 3.63) is 60.8 Å². The van der Waals surface area contributed by atoms with Gasteiger partial charge in [0.15, 0.2) is 6.10 Å². The molecule has 0 heterocycles. The van der Waals surface area contributed by atoms with E-state index in [0.29, 0.717) is 12.8 Å². The van der Waals surface area contributed by atoms with Gasteiger partial charge in [0.25, 0.3) is 0 Å². The summed E-state index contributed by atoms with van der Waals surface area (Å²) < 4.78 is 33.4. The highest BCUT2D eigenvalue weighted by Gasteiger charge is 2.51. The van der Waals surface area contributed by atoms with E-state index in [2.05, 4.69) is 74.6 Å². The van der Waals surface area contributed by atoms with E-state index in [1.807, 2.05) is 0 Å². The number of ether oxygens (including phenoxy) is 2. The molecule has 1 fully saturated rings. The lowest BCUT2D eigenvalue weighted by molar-refractivity contribution is -0.220. The first-order valence-corrected chi connectivity index (χ1v) is 23.6. The van der Waals surface area contributed by atoms with Gasteiger partial charge in [-0.25, -0.2) is 4.57 Å². The number of carbonyl (C=O) groups is 2. The largest absolute Gasteiger partial charge is 0.472 e. The summed E-state index contributed by atoms with van der Waals surface area (Å²) in [5.74, 6) is -1.17. The molecule has 6 N–H and O–H groups in total. The first-order valence-electron chi connectivity index (χ1n) is 22.1. The lowest BCUT2D eigenvalue weighted by atomic mass is 9.85. The highest BCUT2D eigenvalue weighted by molar-refractivity contribution is 7.47. The molecule has 59 heavy (non-hydrogen) atoms. The standard InChI is InChI=1S/C45H77O13P/c1-3-5-7-9-11-13-15-17-19-21-23-25-27-29-31-33-38(46)55-35-37(36-56-59(53,54)58-45-43(51)41(49)40(48)42(50)44(45)52)57-39(47)34-32-30-28-26-24-22-20-18-16-14-12-10-8-6-4-2/h11-14,17-20,23,25,37,40-45,48-52H,3-10,15-16,21-22,24,26-36H2,1-2H3,(H,53,54)/b13-11+,14-12+,19-17+,20-18+,25-23+/t37-,40?,41-,42?,43?,44?,45?/m1/s1. The maximum atomic E-state index is 12.8. The Labute approximate surface area is 353 Å². The first kappa shape index (κ1) is 54.6. The number of carbonyl (C=O) groups excluding carboxylic acids is 2. The van der Waals surface area contributed by atoms with Crippen molar-refractivity contribution in [1.29, 1.82) is 0 Å². The van der Waals surface area contributed by atoms with Crippen molar-refractivity contribution in [3.63, 3.8) is 0 Å². The smallest absolute Gasteiger partial charge is 0.462 e. The van der Waals surface area contributed by atoms with Crippen molar-refractivity contribution in [2.75, 3.05) is 13.2 Å². The van der Waals surface area contributed by atoms with Crippen LogP contribution in [0, 0.1) is 0 Å². The number of phosphoric acid groups is 1. The van der Waals surface area contributed by atoms with E-state index in [1.54, 1.807) is 0 Å². The van der Waals surface area contributed by atoms with Crippen molar-refractivity contribution in [1.82, 2.24) is 0 Å². The van der Waals surface area contributed by atoms with Crippen LogP contribution < -0.4 is 0 Å². The van der Waals surface area contributed by atoms with Crippen molar-refractivity contribution >= 4 is 19.8 Å². The number of hydrogen-bond donors (Lipinski definition) is 6. The monoisotopic (exact) mass is 857 g/mol. The number of allylic oxidation sites excluding steroid dienone is 10. The molecule has 0 aliphatic heterocycles. The third-order valence-electron chi connectivity index (χ3n) is 9.83. The summed E-state index contributed by atoms with van der Waals surface area (Å²) in [7, 11) is -5.13. The molecule has 0 bridgehead atoms. The van der Waals surface area contributed by atoms with Gasteiger partial charge in [-0.3, -0.25) is 18.6 Å². The molecule has 0 aromatic carbocycles. The number of aliphatic hydroxyl groups excluding tert-OH is 5. The average molecular weight is 857 g/mol. The number of phosphoric ester groups is 1. The van der Waals surface area contributed by atoms with Crippen LogP contribution in [0.25, 0.3) is 0 Å². The molecule has 13 nitrogen and oxygen atoms in total. The van der Waals surface area contributed by atoms with Crippen molar-refractivity contribution in [2.24, 2.45) is 0 Å². The molecule has 1 saturated carbocycles. The van der Waals surface area contributed by atoms with Gasteiger partial charge in [0.1, 0.15) is 43.2 Å². The predicted molar refractivity (Wildman–Crippen MR) is 230 cm³/mol. The molecule has 14 heteroatoms. The lowest BCUT2D eigenvalue weighted by Crippen LogP contribution is -2.64. The molecule has 1 aliphatic carbocycles. The first-order chi connectivity index (χ1) is 28.4. The van der Waals surface area contributed by atoms with Crippen LogP contribution in [0.3, 0.4) is 0 Å². The van der Waals surface area contributed by atoms with Crippen molar-refractivity contribution in [3.8, 4) is 0 Å². The maximum absolute atomic E-state index is 12.8. The minimum Gasteiger partial charge on any atom is -0.462 e. The number of hydrogen-bond acceptors (Lipinski definition) is 12. The second-order valence-electron chi connectivity index (χ2n) is 15.2. The quantitative estimate of drug-likeness (QED) is 0.0154. The molecule has 0 radical (unpaired) electrons. The molecular formula is C45H77O13P. The molecule has 8 atom stereocenters. The summed E-state index contributed by atoms with van der Waals surface area (Å²) in [6.07, 6.45) is 28.5. The van der Waals surface area contributed by atoms with Crippen molar-refractivity contribution in [2.45, 2.75) is 198 Å². The molecule has 0 aromatic rings. The SMILES string of the molecule is CCCCC/C=C/C/C=C/C/C=C/CCCCC(=O)OC[C@H](COP(=O)(O)OC1C(O)C(O)C(O)[C@@H](O)C1O)OC(=O)CCCCCCC/C=C/C/C=C/CCCCC. The number of aliphatic hydroxyl groups is 5.